The summed E-state index contributed by atoms with van der Waals surface area (Å²) in [6, 6.07) is 7.21. The lowest BCUT2D eigenvalue weighted by Crippen LogP contribution is -2.64. The Morgan fingerprint density at radius 2 is 1.94 bits per heavy atom. The van der Waals surface area contributed by atoms with E-state index in [0.29, 0.717) is 24.3 Å². The lowest BCUT2D eigenvalue weighted by Gasteiger charge is -2.51. The Kier molecular flexibility index (Phi) is 9.27. The van der Waals surface area contributed by atoms with Gasteiger partial charge in [0, 0.05) is 24.8 Å². The fourth-order valence-electron chi connectivity index (χ4n) is 4.03. The Hall–Kier alpha value is -2.87. The maximum Gasteiger partial charge on any atom is 0.407 e. The zero-order valence-electron chi connectivity index (χ0n) is 21.1. The monoisotopic (exact) mass is 474 g/mol. The quantitative estimate of drug-likeness (QED) is 0.380. The largest absolute Gasteiger partial charge is 0.478 e. The van der Waals surface area contributed by atoms with Crippen molar-refractivity contribution in [3.8, 4) is 0 Å². The molecule has 8 heteroatoms. The highest BCUT2D eigenvalue weighted by atomic mass is 16.6. The van der Waals surface area contributed by atoms with Crippen LogP contribution in [0.3, 0.4) is 0 Å². The lowest BCUT2D eigenvalue weighted by atomic mass is 9.78. The zero-order chi connectivity index (χ0) is 25.5. The van der Waals surface area contributed by atoms with Crippen molar-refractivity contribution in [2.45, 2.75) is 71.6 Å². The second-order valence-electron chi connectivity index (χ2n) is 10.0. The van der Waals surface area contributed by atoms with Crippen molar-refractivity contribution in [2.24, 2.45) is 5.92 Å². The molecule has 0 aliphatic carbocycles. The first-order chi connectivity index (χ1) is 15.9. The summed E-state index contributed by atoms with van der Waals surface area (Å²) in [6.07, 6.45) is 2.86. The van der Waals surface area contributed by atoms with E-state index in [4.69, 9.17) is 9.47 Å². The van der Waals surface area contributed by atoms with E-state index >= 15 is 0 Å². The third-order valence-corrected chi connectivity index (χ3v) is 5.43. The van der Waals surface area contributed by atoms with Gasteiger partial charge in [-0.05, 0) is 50.8 Å². The number of alkyl carbamates (subject to hydrolysis) is 1. The molecular weight excluding hydrogens is 436 g/mol. The van der Waals surface area contributed by atoms with E-state index in [0.717, 1.165) is 18.9 Å². The van der Waals surface area contributed by atoms with Crippen LogP contribution < -0.4 is 5.32 Å². The van der Waals surface area contributed by atoms with Crippen LogP contribution >= 0.6 is 0 Å². The minimum Gasteiger partial charge on any atom is -0.478 e. The van der Waals surface area contributed by atoms with Crippen LogP contribution in [-0.4, -0.2) is 58.8 Å². The number of amides is 2. The van der Waals surface area contributed by atoms with Crippen molar-refractivity contribution < 1.29 is 29.0 Å². The number of carbonyl (C=O) groups excluding carboxylic acids is 2. The summed E-state index contributed by atoms with van der Waals surface area (Å²) in [6.45, 7) is 12.0. The smallest absolute Gasteiger partial charge is 0.407 e. The molecule has 0 spiro atoms. The molecule has 0 saturated carbocycles. The van der Waals surface area contributed by atoms with Crippen LogP contribution in [0.25, 0.3) is 0 Å². The lowest BCUT2D eigenvalue weighted by molar-refractivity contribution is -0.131. The van der Waals surface area contributed by atoms with Gasteiger partial charge in [0.2, 0.25) is 0 Å². The van der Waals surface area contributed by atoms with Gasteiger partial charge in [0.15, 0.2) is 0 Å². The summed E-state index contributed by atoms with van der Waals surface area (Å²) in [5.41, 5.74) is -0.790. The SMILES string of the molecule is CCCCOC1c2ccccc2C(=O)N(CC(C)C)C1(C=CC(=O)O)CNC(=O)OC(C)(C)C. The summed E-state index contributed by atoms with van der Waals surface area (Å²) in [5.74, 6) is -1.30. The maximum atomic E-state index is 13.7. The molecule has 34 heavy (non-hydrogen) atoms. The second-order valence-corrected chi connectivity index (χ2v) is 10.0. The fourth-order valence-corrected chi connectivity index (χ4v) is 4.03. The van der Waals surface area contributed by atoms with Gasteiger partial charge in [-0.25, -0.2) is 9.59 Å². The van der Waals surface area contributed by atoms with Crippen molar-refractivity contribution in [1.29, 1.82) is 0 Å². The number of benzene rings is 1. The molecule has 2 atom stereocenters. The molecule has 8 nitrogen and oxygen atoms in total. The van der Waals surface area contributed by atoms with Crippen molar-refractivity contribution >= 4 is 18.0 Å². The number of hydrogen-bond donors (Lipinski definition) is 2. The summed E-state index contributed by atoms with van der Waals surface area (Å²) in [5, 5.41) is 12.2. The molecule has 0 fully saturated rings. The number of nitrogens with one attached hydrogen (secondary N) is 1. The van der Waals surface area contributed by atoms with Gasteiger partial charge in [0.25, 0.3) is 5.91 Å². The summed E-state index contributed by atoms with van der Waals surface area (Å²) in [4.78, 5) is 39.5. The topological polar surface area (TPSA) is 105 Å². The van der Waals surface area contributed by atoms with Crippen molar-refractivity contribution in [3.63, 3.8) is 0 Å². The molecule has 2 N–H and O–H groups in total. The third-order valence-electron chi connectivity index (χ3n) is 5.43. The van der Waals surface area contributed by atoms with E-state index in [-0.39, 0.29) is 18.4 Å². The molecule has 2 unspecified atom stereocenters. The number of nitrogens with zero attached hydrogens (tertiary/aromatic N) is 1. The molecule has 1 heterocycles. The van der Waals surface area contributed by atoms with Crippen molar-refractivity contribution in [1.82, 2.24) is 10.2 Å². The Morgan fingerprint density at radius 3 is 2.53 bits per heavy atom. The van der Waals surface area contributed by atoms with Gasteiger partial charge < -0.3 is 24.8 Å². The highest BCUT2D eigenvalue weighted by Crippen LogP contribution is 2.43. The number of carboxylic acid groups (broad SMARTS) is 1. The highest BCUT2D eigenvalue weighted by molar-refractivity contribution is 5.98. The molecule has 0 bridgehead atoms. The number of hydrogen-bond acceptors (Lipinski definition) is 5. The summed E-state index contributed by atoms with van der Waals surface area (Å²) >= 11 is 0. The normalized spacial score (nSPS) is 20.5. The average molecular weight is 475 g/mol. The number of rotatable bonds is 10. The molecule has 0 saturated heterocycles. The Bertz CT molecular complexity index is 905. The van der Waals surface area contributed by atoms with E-state index in [1.54, 1.807) is 37.8 Å². The maximum absolute atomic E-state index is 13.7. The predicted octanol–water partition coefficient (Wildman–Crippen LogP) is 4.56. The molecule has 0 radical (unpaired) electrons. The van der Waals surface area contributed by atoms with Crippen LogP contribution in [-0.2, 0) is 14.3 Å². The number of ether oxygens (including phenoxy) is 2. The highest BCUT2D eigenvalue weighted by Gasteiger charge is 2.51. The van der Waals surface area contributed by atoms with Crippen LogP contribution in [0, 0.1) is 5.92 Å². The Labute approximate surface area is 202 Å². The van der Waals surface area contributed by atoms with Gasteiger partial charge in [-0.2, -0.15) is 0 Å². The van der Waals surface area contributed by atoms with Crippen LogP contribution in [0.2, 0.25) is 0 Å². The number of aliphatic carboxylic acids is 1. The van der Waals surface area contributed by atoms with Gasteiger partial charge in [-0.15, -0.1) is 0 Å². The van der Waals surface area contributed by atoms with Crippen LogP contribution in [0.1, 0.15) is 76.4 Å². The van der Waals surface area contributed by atoms with E-state index in [1.165, 1.54) is 6.08 Å². The molecule has 1 aliphatic heterocycles. The van der Waals surface area contributed by atoms with Crippen molar-refractivity contribution in [3.05, 3.63) is 47.5 Å². The molecule has 2 rings (SSSR count). The first kappa shape index (κ1) is 27.4. The Balaban J connectivity index is 2.66. The fraction of sp³-hybridized carbons (Fsp3) is 0.577. The van der Waals surface area contributed by atoms with Gasteiger partial charge in [0.05, 0.1) is 6.54 Å². The number of carboxylic acids is 1. The van der Waals surface area contributed by atoms with Crippen LogP contribution in [0.4, 0.5) is 4.79 Å². The molecule has 2 amide bonds. The van der Waals surface area contributed by atoms with E-state index in [2.05, 4.69) is 12.2 Å². The first-order valence-corrected chi connectivity index (χ1v) is 11.8. The minimum absolute atomic E-state index is 0.0741. The molecule has 0 aromatic heterocycles. The molecule has 1 aromatic carbocycles. The van der Waals surface area contributed by atoms with Crippen LogP contribution in [0.5, 0.6) is 0 Å². The van der Waals surface area contributed by atoms with Gasteiger partial charge in [-0.3, -0.25) is 4.79 Å². The minimum atomic E-state index is -1.27. The third kappa shape index (κ3) is 6.82. The molecular formula is C26H38N2O6. The van der Waals surface area contributed by atoms with E-state index in [9.17, 15) is 19.5 Å². The van der Waals surface area contributed by atoms with Gasteiger partial charge >= 0.3 is 12.1 Å². The second kappa shape index (κ2) is 11.5. The molecule has 1 aromatic rings. The van der Waals surface area contributed by atoms with Gasteiger partial charge in [0.1, 0.15) is 17.2 Å². The van der Waals surface area contributed by atoms with Gasteiger partial charge in [-0.1, -0.05) is 45.4 Å². The van der Waals surface area contributed by atoms with Crippen LogP contribution in [0.15, 0.2) is 36.4 Å². The van der Waals surface area contributed by atoms with E-state index in [1.807, 2.05) is 26.0 Å². The predicted molar refractivity (Wildman–Crippen MR) is 130 cm³/mol. The Morgan fingerprint density at radius 1 is 1.26 bits per heavy atom. The zero-order valence-corrected chi connectivity index (χ0v) is 21.1. The van der Waals surface area contributed by atoms with E-state index < -0.39 is 29.3 Å². The number of fused-ring (bicyclic) bond motifs is 1. The average Bonchev–Trinajstić information content (AvgIpc) is 2.74. The summed E-state index contributed by atoms with van der Waals surface area (Å²) in [7, 11) is 0. The molecule has 188 valence electrons. The standard InChI is InChI=1S/C26H38N2O6/c1-7-8-15-33-22-19-11-9-10-12-20(19)23(31)28(16-18(2)3)26(22,14-13-21(29)30)17-27-24(32)34-25(4,5)6/h9-14,18,22H,7-8,15-17H2,1-6H3,(H,27,32)(H,29,30). The number of carbonyl (C=O) groups is 3. The first-order valence-electron chi connectivity index (χ1n) is 11.8. The number of unbranched alkanes of at least 4 members (excludes halogenated alkanes) is 1. The van der Waals surface area contributed by atoms with Crippen molar-refractivity contribution in [2.75, 3.05) is 19.7 Å². The molecule has 1 aliphatic rings. The summed E-state index contributed by atoms with van der Waals surface area (Å²) < 4.78 is 11.8.